The summed E-state index contributed by atoms with van der Waals surface area (Å²) in [5.74, 6) is 0.145. The summed E-state index contributed by atoms with van der Waals surface area (Å²) in [5, 5.41) is 9.10. The van der Waals surface area contributed by atoms with Crippen molar-refractivity contribution in [3.05, 3.63) is 78.4 Å². The molecular weight excluding hydrogens is 362 g/mol. The number of carboxylic acids is 1. The number of carboxylic acid groups (broad SMARTS) is 1. The molecule has 2 rings (SSSR count). The third-order valence-corrected chi connectivity index (χ3v) is 5.04. The summed E-state index contributed by atoms with van der Waals surface area (Å²) in [6.45, 7) is 8.07. The van der Waals surface area contributed by atoms with E-state index in [1.54, 1.807) is 0 Å². The summed E-state index contributed by atoms with van der Waals surface area (Å²) in [6, 6.07) is 18.8. The van der Waals surface area contributed by atoms with E-state index in [1.165, 1.54) is 11.1 Å². The Balaban J connectivity index is 1.72. The highest BCUT2D eigenvalue weighted by Crippen LogP contribution is 2.16. The van der Waals surface area contributed by atoms with E-state index in [4.69, 9.17) is 9.84 Å². The van der Waals surface area contributed by atoms with Gasteiger partial charge in [-0.1, -0.05) is 55.5 Å². The van der Waals surface area contributed by atoms with Gasteiger partial charge in [-0.25, -0.2) is 0 Å². The molecule has 0 aliphatic heterocycles. The van der Waals surface area contributed by atoms with Crippen LogP contribution in [0.5, 0.6) is 5.75 Å². The molecule has 4 heteroatoms. The first-order valence-electron chi connectivity index (χ1n) is 10.4. The monoisotopic (exact) mass is 395 g/mol. The molecule has 0 aromatic heterocycles. The van der Waals surface area contributed by atoms with Gasteiger partial charge in [0.15, 0.2) is 0 Å². The molecule has 156 valence electrons. The number of carbonyl (C=O) groups is 1. The second-order valence-electron chi connectivity index (χ2n) is 7.31. The number of ether oxygens (including phenoxy) is 1. The van der Waals surface area contributed by atoms with Crippen molar-refractivity contribution in [3.8, 4) is 5.75 Å². The van der Waals surface area contributed by atoms with Gasteiger partial charge in [0.1, 0.15) is 5.75 Å². The predicted octanol–water partition coefficient (Wildman–Crippen LogP) is 5.18. The van der Waals surface area contributed by atoms with Crippen LogP contribution in [-0.2, 0) is 11.2 Å². The maximum absolute atomic E-state index is 11.1. The molecule has 4 nitrogen and oxygen atoms in total. The van der Waals surface area contributed by atoms with Crippen molar-refractivity contribution < 1.29 is 14.6 Å². The lowest BCUT2D eigenvalue weighted by atomic mass is 10.1. The Kier molecular flexibility index (Phi) is 10.0. The van der Waals surface area contributed by atoms with E-state index in [1.807, 2.05) is 31.2 Å². The molecule has 0 aliphatic rings. The van der Waals surface area contributed by atoms with Crippen molar-refractivity contribution in [2.45, 2.75) is 45.1 Å². The van der Waals surface area contributed by atoms with Crippen LogP contribution in [-0.4, -0.2) is 41.7 Å². The maximum Gasteiger partial charge on any atom is 0.304 e. The van der Waals surface area contributed by atoms with Gasteiger partial charge >= 0.3 is 5.97 Å². The van der Waals surface area contributed by atoms with Crippen molar-refractivity contribution >= 4 is 5.97 Å². The number of hydrogen-bond acceptors (Lipinski definition) is 3. The van der Waals surface area contributed by atoms with Crippen LogP contribution in [0.15, 0.2) is 67.3 Å². The van der Waals surface area contributed by atoms with Gasteiger partial charge in [-0.15, -0.1) is 6.58 Å². The number of unbranched alkanes of at least 4 members (excludes halogenated alkanes) is 1. The molecule has 0 aliphatic carbocycles. The third-order valence-electron chi connectivity index (χ3n) is 5.04. The Labute approximate surface area is 174 Å². The lowest BCUT2D eigenvalue weighted by Crippen LogP contribution is -2.37. The normalized spacial score (nSPS) is 11.9. The number of nitrogens with zero attached hydrogens (tertiary/aromatic N) is 1. The molecule has 2 aromatic carbocycles. The fourth-order valence-corrected chi connectivity index (χ4v) is 3.46. The zero-order valence-electron chi connectivity index (χ0n) is 17.4. The van der Waals surface area contributed by atoms with E-state index in [0.717, 1.165) is 44.5 Å². The molecule has 1 atom stereocenters. The average molecular weight is 396 g/mol. The van der Waals surface area contributed by atoms with E-state index >= 15 is 0 Å². The minimum Gasteiger partial charge on any atom is -0.494 e. The molecule has 2 aromatic rings. The summed E-state index contributed by atoms with van der Waals surface area (Å²) < 4.78 is 5.87. The lowest BCUT2D eigenvalue weighted by Gasteiger charge is -2.29. The Hall–Kier alpha value is -2.59. The summed E-state index contributed by atoms with van der Waals surface area (Å²) >= 11 is 0. The molecule has 0 bridgehead atoms. The highest BCUT2D eigenvalue weighted by Gasteiger charge is 2.18. The van der Waals surface area contributed by atoms with Gasteiger partial charge in [0.2, 0.25) is 0 Å². The van der Waals surface area contributed by atoms with Gasteiger partial charge in [-0.2, -0.15) is 0 Å². The molecule has 0 spiro atoms. The Bertz CT molecular complexity index is 727. The molecule has 0 saturated carbocycles. The average Bonchev–Trinajstić information content (AvgIpc) is 2.73. The molecule has 0 heterocycles. The van der Waals surface area contributed by atoms with Crippen LogP contribution < -0.4 is 4.74 Å². The number of benzene rings is 2. The molecular formula is C25H33NO3. The quantitative estimate of drug-likeness (QED) is 0.354. The molecule has 29 heavy (non-hydrogen) atoms. The third kappa shape index (κ3) is 8.53. The number of rotatable bonds is 14. The van der Waals surface area contributed by atoms with Crippen molar-refractivity contribution in [2.75, 3.05) is 19.7 Å². The topological polar surface area (TPSA) is 49.8 Å². The minimum absolute atomic E-state index is 0.0589. The molecule has 0 fully saturated rings. The summed E-state index contributed by atoms with van der Waals surface area (Å²) in [6.07, 6.45) is 5.67. The van der Waals surface area contributed by atoms with E-state index < -0.39 is 5.97 Å². The molecule has 0 radical (unpaired) electrons. The van der Waals surface area contributed by atoms with E-state index in [2.05, 4.69) is 47.9 Å². The fourth-order valence-electron chi connectivity index (χ4n) is 3.46. The molecule has 1 N–H and O–H groups in total. The van der Waals surface area contributed by atoms with Gasteiger partial charge in [0, 0.05) is 12.6 Å². The van der Waals surface area contributed by atoms with E-state index in [9.17, 15) is 4.79 Å². The van der Waals surface area contributed by atoms with Crippen LogP contribution >= 0.6 is 0 Å². The van der Waals surface area contributed by atoms with Crippen molar-refractivity contribution in [1.29, 1.82) is 0 Å². The second kappa shape index (κ2) is 12.8. The Morgan fingerprint density at radius 2 is 1.79 bits per heavy atom. The van der Waals surface area contributed by atoms with Gasteiger partial charge in [-0.3, -0.25) is 9.69 Å². The zero-order valence-corrected chi connectivity index (χ0v) is 17.4. The first-order valence-corrected chi connectivity index (χ1v) is 10.4. The number of aliphatic carboxylic acids is 1. The Morgan fingerprint density at radius 3 is 2.41 bits per heavy atom. The highest BCUT2D eigenvalue weighted by molar-refractivity contribution is 5.67. The minimum atomic E-state index is -0.745. The SMILES string of the molecule is C=CCN(CCCCOc1ccc(Cc2ccccc2)cc1)C(CC)CC(=O)O. The molecule has 0 saturated heterocycles. The van der Waals surface area contributed by atoms with E-state index in [0.29, 0.717) is 6.61 Å². The molecule has 1 unspecified atom stereocenters. The highest BCUT2D eigenvalue weighted by atomic mass is 16.5. The smallest absolute Gasteiger partial charge is 0.304 e. The first kappa shape index (κ1) is 22.7. The lowest BCUT2D eigenvalue weighted by molar-refractivity contribution is -0.138. The van der Waals surface area contributed by atoms with Crippen molar-refractivity contribution in [1.82, 2.24) is 4.90 Å². The van der Waals surface area contributed by atoms with Gasteiger partial charge in [0.25, 0.3) is 0 Å². The first-order chi connectivity index (χ1) is 14.1. The van der Waals surface area contributed by atoms with Crippen LogP contribution in [0.3, 0.4) is 0 Å². The summed E-state index contributed by atoms with van der Waals surface area (Å²) in [4.78, 5) is 13.3. The van der Waals surface area contributed by atoms with Gasteiger partial charge in [-0.05, 0) is 55.5 Å². The predicted molar refractivity (Wildman–Crippen MR) is 119 cm³/mol. The van der Waals surface area contributed by atoms with E-state index in [-0.39, 0.29) is 12.5 Å². The van der Waals surface area contributed by atoms with Crippen LogP contribution in [0.25, 0.3) is 0 Å². The summed E-state index contributed by atoms with van der Waals surface area (Å²) in [5.41, 5.74) is 2.58. The standard InChI is InChI=1S/C25H33NO3/c1-3-16-26(23(4-2)20-25(27)28)17-8-9-18-29-24-14-12-22(13-15-24)19-21-10-6-5-7-11-21/h3,5-7,10-15,23H,1,4,8-9,16-20H2,2H3,(H,27,28). The number of hydrogen-bond donors (Lipinski definition) is 1. The fraction of sp³-hybridized carbons (Fsp3) is 0.400. The zero-order chi connectivity index (χ0) is 20.9. The van der Waals surface area contributed by atoms with Gasteiger partial charge in [0.05, 0.1) is 13.0 Å². The van der Waals surface area contributed by atoms with Crippen molar-refractivity contribution in [2.24, 2.45) is 0 Å². The van der Waals surface area contributed by atoms with Gasteiger partial charge < -0.3 is 9.84 Å². The van der Waals surface area contributed by atoms with Crippen LogP contribution in [0.2, 0.25) is 0 Å². The molecule has 0 amide bonds. The van der Waals surface area contributed by atoms with Crippen molar-refractivity contribution in [3.63, 3.8) is 0 Å². The largest absolute Gasteiger partial charge is 0.494 e. The van der Waals surface area contributed by atoms with Crippen LogP contribution in [0.1, 0.15) is 43.7 Å². The second-order valence-corrected chi connectivity index (χ2v) is 7.31. The maximum atomic E-state index is 11.1. The van der Waals surface area contributed by atoms with Crippen LogP contribution in [0, 0.1) is 0 Å². The summed E-state index contributed by atoms with van der Waals surface area (Å²) in [7, 11) is 0. The van der Waals surface area contributed by atoms with Crippen LogP contribution in [0.4, 0.5) is 0 Å². The Morgan fingerprint density at radius 1 is 1.10 bits per heavy atom.